The van der Waals surface area contributed by atoms with Crippen molar-refractivity contribution in [3.05, 3.63) is 60.7 Å². The average Bonchev–Trinajstić information content (AvgIpc) is 3.31. The predicted octanol–water partition coefficient (Wildman–Crippen LogP) is 3.76. The Bertz CT molecular complexity index is 1140. The Balaban J connectivity index is 1.80. The van der Waals surface area contributed by atoms with Gasteiger partial charge in [0.25, 0.3) is 5.91 Å². The van der Waals surface area contributed by atoms with E-state index in [1.165, 1.54) is 24.5 Å². The quantitative estimate of drug-likeness (QED) is 0.530. The summed E-state index contributed by atoms with van der Waals surface area (Å²) in [4.78, 5) is 16.3. The first-order chi connectivity index (χ1) is 13.9. The normalized spacial score (nSPS) is 11.6. The summed E-state index contributed by atoms with van der Waals surface area (Å²) in [6.07, 6.45) is -0.0945. The second-order valence-corrected chi connectivity index (χ2v) is 5.99. The molecule has 0 atom stereocenters. The van der Waals surface area contributed by atoms with Gasteiger partial charge in [0.15, 0.2) is 5.82 Å². The maximum Gasteiger partial charge on any atom is 0.408 e. The van der Waals surface area contributed by atoms with E-state index in [0.717, 1.165) is 4.68 Å². The number of benzene rings is 1. The molecule has 0 bridgehead atoms. The third kappa shape index (κ3) is 4.03. The maximum atomic E-state index is 13.0. The number of pyridine rings is 1. The Morgan fingerprint density at radius 1 is 1.17 bits per heavy atom. The van der Waals surface area contributed by atoms with Crippen LogP contribution in [0.1, 0.15) is 10.5 Å². The van der Waals surface area contributed by atoms with Crippen molar-refractivity contribution in [1.82, 2.24) is 25.0 Å². The summed E-state index contributed by atoms with van der Waals surface area (Å²) in [5, 5.41) is 12.9. The zero-order valence-electron chi connectivity index (χ0n) is 14.6. The second-order valence-electron chi connectivity index (χ2n) is 5.99. The average molecular weight is 402 g/mol. The molecule has 0 saturated heterocycles. The van der Waals surface area contributed by atoms with Crippen molar-refractivity contribution >= 4 is 22.6 Å². The minimum Gasteiger partial charge on any atom is -0.455 e. The number of alkyl halides is 3. The van der Waals surface area contributed by atoms with Crippen LogP contribution in [0.3, 0.4) is 0 Å². The van der Waals surface area contributed by atoms with Gasteiger partial charge in [0, 0.05) is 12.4 Å². The summed E-state index contributed by atoms with van der Waals surface area (Å²) >= 11 is 0. The van der Waals surface area contributed by atoms with Crippen molar-refractivity contribution in [2.24, 2.45) is 0 Å². The van der Waals surface area contributed by atoms with Crippen LogP contribution in [-0.2, 0) is 6.54 Å². The molecule has 8 nitrogen and oxygen atoms in total. The van der Waals surface area contributed by atoms with Gasteiger partial charge in [-0.05, 0) is 30.3 Å². The van der Waals surface area contributed by atoms with Gasteiger partial charge in [-0.25, -0.2) is 0 Å². The molecule has 1 amide bonds. The van der Waals surface area contributed by atoms with E-state index < -0.39 is 18.6 Å². The standard InChI is InChI=1S/C18H13F3N6O2/c19-18(20,21)10-27-13-4-1-5-14(29-11-3-2-7-22-9-11)15(13)16(26-27)24-17(28)12-6-8-23-25-12/h1-9H,10H2,(H,23,25)(H,24,26,28). The molecule has 148 valence electrons. The van der Waals surface area contributed by atoms with E-state index in [2.05, 4.69) is 25.6 Å². The second kappa shape index (κ2) is 7.26. The van der Waals surface area contributed by atoms with E-state index in [9.17, 15) is 18.0 Å². The highest BCUT2D eigenvalue weighted by atomic mass is 19.4. The van der Waals surface area contributed by atoms with Crippen molar-refractivity contribution < 1.29 is 22.7 Å². The number of amides is 1. The van der Waals surface area contributed by atoms with Gasteiger partial charge in [0.2, 0.25) is 0 Å². The van der Waals surface area contributed by atoms with Crippen LogP contribution in [0.15, 0.2) is 55.0 Å². The molecule has 0 radical (unpaired) electrons. The molecule has 1 aromatic carbocycles. The van der Waals surface area contributed by atoms with Crippen LogP contribution in [0.4, 0.5) is 19.0 Å². The topological polar surface area (TPSA) is 97.7 Å². The molecule has 29 heavy (non-hydrogen) atoms. The van der Waals surface area contributed by atoms with E-state index in [4.69, 9.17) is 4.74 Å². The van der Waals surface area contributed by atoms with Gasteiger partial charge in [-0.15, -0.1) is 0 Å². The highest BCUT2D eigenvalue weighted by molar-refractivity contribution is 6.08. The minimum atomic E-state index is -4.50. The zero-order valence-corrected chi connectivity index (χ0v) is 14.6. The molecule has 0 unspecified atom stereocenters. The fourth-order valence-electron chi connectivity index (χ4n) is 2.75. The molecule has 11 heteroatoms. The summed E-state index contributed by atoms with van der Waals surface area (Å²) in [6.45, 7) is -1.32. The lowest BCUT2D eigenvalue weighted by atomic mass is 10.2. The summed E-state index contributed by atoms with van der Waals surface area (Å²) in [5.74, 6) is -0.0566. The van der Waals surface area contributed by atoms with Crippen molar-refractivity contribution in [2.75, 3.05) is 5.32 Å². The van der Waals surface area contributed by atoms with Crippen LogP contribution in [0.5, 0.6) is 11.5 Å². The molecule has 0 aliphatic carbocycles. The smallest absolute Gasteiger partial charge is 0.408 e. The number of carbonyl (C=O) groups is 1. The Kier molecular flexibility index (Phi) is 4.63. The SMILES string of the molecule is O=C(Nc1nn(CC(F)(F)F)c2cccc(Oc3cccnc3)c12)c1ccn[nH]1. The lowest BCUT2D eigenvalue weighted by Crippen LogP contribution is -2.19. The molecule has 0 saturated carbocycles. The van der Waals surface area contributed by atoms with Crippen molar-refractivity contribution in [1.29, 1.82) is 0 Å². The number of anilines is 1. The summed E-state index contributed by atoms with van der Waals surface area (Å²) in [7, 11) is 0. The number of fused-ring (bicyclic) bond motifs is 1. The van der Waals surface area contributed by atoms with Crippen LogP contribution in [0.25, 0.3) is 10.9 Å². The zero-order chi connectivity index (χ0) is 20.4. The number of nitrogens with zero attached hydrogens (tertiary/aromatic N) is 4. The number of hydrogen-bond acceptors (Lipinski definition) is 5. The first-order valence-corrected chi connectivity index (χ1v) is 8.35. The van der Waals surface area contributed by atoms with Crippen LogP contribution < -0.4 is 10.1 Å². The van der Waals surface area contributed by atoms with Gasteiger partial charge >= 0.3 is 6.18 Å². The highest BCUT2D eigenvalue weighted by Crippen LogP contribution is 2.36. The van der Waals surface area contributed by atoms with E-state index in [-0.39, 0.29) is 28.2 Å². The third-order valence-corrected chi connectivity index (χ3v) is 3.91. The Labute approximate surface area is 161 Å². The summed E-state index contributed by atoms with van der Waals surface area (Å²) < 4.78 is 45.6. The molecular formula is C18H13F3N6O2. The van der Waals surface area contributed by atoms with Gasteiger partial charge in [-0.2, -0.15) is 23.4 Å². The number of halogens is 3. The molecule has 4 aromatic rings. The minimum absolute atomic E-state index is 0.0664. The summed E-state index contributed by atoms with van der Waals surface area (Å²) in [6, 6.07) is 9.31. The van der Waals surface area contributed by atoms with E-state index in [0.29, 0.717) is 5.75 Å². The number of ether oxygens (including phenoxy) is 1. The van der Waals surface area contributed by atoms with E-state index >= 15 is 0 Å². The number of aromatic amines is 1. The number of aromatic nitrogens is 5. The number of carbonyl (C=O) groups excluding carboxylic acids is 1. The first-order valence-electron chi connectivity index (χ1n) is 8.35. The van der Waals surface area contributed by atoms with Crippen LogP contribution in [-0.4, -0.2) is 37.0 Å². The van der Waals surface area contributed by atoms with Gasteiger partial charge in [-0.1, -0.05) is 6.07 Å². The fraction of sp³-hybridized carbons (Fsp3) is 0.111. The molecule has 4 rings (SSSR count). The molecule has 0 fully saturated rings. The van der Waals surface area contributed by atoms with Crippen LogP contribution in [0, 0.1) is 0 Å². The van der Waals surface area contributed by atoms with Gasteiger partial charge in [0.05, 0.1) is 17.1 Å². The lowest BCUT2D eigenvalue weighted by molar-refractivity contribution is -0.141. The molecule has 3 aromatic heterocycles. The lowest BCUT2D eigenvalue weighted by Gasteiger charge is -2.09. The van der Waals surface area contributed by atoms with E-state index in [1.54, 1.807) is 30.5 Å². The Morgan fingerprint density at radius 3 is 2.72 bits per heavy atom. The van der Waals surface area contributed by atoms with Crippen LogP contribution in [0.2, 0.25) is 0 Å². The van der Waals surface area contributed by atoms with Crippen molar-refractivity contribution in [3.8, 4) is 11.5 Å². The number of H-pyrrole nitrogens is 1. The highest BCUT2D eigenvalue weighted by Gasteiger charge is 2.31. The molecule has 0 aliphatic heterocycles. The largest absolute Gasteiger partial charge is 0.455 e. The molecular weight excluding hydrogens is 389 g/mol. The summed E-state index contributed by atoms with van der Waals surface area (Å²) in [5.41, 5.74) is 0.290. The third-order valence-electron chi connectivity index (χ3n) is 3.91. The number of hydrogen-bond donors (Lipinski definition) is 2. The molecule has 2 N–H and O–H groups in total. The Morgan fingerprint density at radius 2 is 2.03 bits per heavy atom. The van der Waals surface area contributed by atoms with Gasteiger partial charge in [-0.3, -0.25) is 19.6 Å². The Hall–Kier alpha value is -3.89. The molecule has 0 spiro atoms. The molecule has 3 heterocycles. The van der Waals surface area contributed by atoms with Crippen LogP contribution >= 0.6 is 0 Å². The first kappa shape index (κ1) is 18.5. The van der Waals surface area contributed by atoms with Gasteiger partial charge < -0.3 is 10.1 Å². The fourth-order valence-corrected chi connectivity index (χ4v) is 2.75. The van der Waals surface area contributed by atoms with Crippen molar-refractivity contribution in [3.63, 3.8) is 0 Å². The van der Waals surface area contributed by atoms with E-state index in [1.807, 2.05) is 0 Å². The maximum absolute atomic E-state index is 13.0. The number of nitrogens with one attached hydrogen (secondary N) is 2. The van der Waals surface area contributed by atoms with Crippen molar-refractivity contribution in [2.45, 2.75) is 12.7 Å². The predicted molar refractivity (Wildman–Crippen MR) is 96.6 cm³/mol. The van der Waals surface area contributed by atoms with Gasteiger partial charge in [0.1, 0.15) is 23.7 Å². The monoisotopic (exact) mass is 402 g/mol. The molecule has 0 aliphatic rings. The number of rotatable bonds is 5.